The van der Waals surface area contributed by atoms with Crippen LogP contribution in [0.2, 0.25) is 0 Å². The van der Waals surface area contributed by atoms with E-state index in [-0.39, 0.29) is 12.1 Å². The van der Waals surface area contributed by atoms with Gasteiger partial charge in [-0.05, 0) is 44.0 Å². The van der Waals surface area contributed by atoms with Crippen LogP contribution in [-0.2, 0) is 0 Å². The Labute approximate surface area is 194 Å². The number of carbonyl (C=O) groups excluding carboxylic acids is 1. The van der Waals surface area contributed by atoms with Crippen molar-refractivity contribution in [1.29, 1.82) is 0 Å². The van der Waals surface area contributed by atoms with Crippen LogP contribution < -0.4 is 26.0 Å². The molecule has 0 unspecified atom stereocenters. The number of methoxy groups -OCH3 is 1. The number of aryl methyl sites for hydroxylation is 1. The molecule has 0 saturated heterocycles. The fraction of sp³-hybridized carbons (Fsp3) is 0.333. The Balaban J connectivity index is 1.78. The fourth-order valence-electron chi connectivity index (χ4n) is 3.33. The number of hydrogen-bond acceptors (Lipinski definition) is 7. The van der Waals surface area contributed by atoms with Gasteiger partial charge in [0.2, 0.25) is 5.95 Å². The first-order valence-corrected chi connectivity index (χ1v) is 11.0. The van der Waals surface area contributed by atoms with Crippen LogP contribution >= 0.6 is 0 Å². The zero-order chi connectivity index (χ0) is 23.6. The second-order valence-corrected chi connectivity index (χ2v) is 7.52. The summed E-state index contributed by atoms with van der Waals surface area (Å²) in [5.41, 5.74) is 3.37. The van der Waals surface area contributed by atoms with E-state index >= 15 is 0 Å². The lowest BCUT2D eigenvalue weighted by atomic mass is 10.0. The summed E-state index contributed by atoms with van der Waals surface area (Å²) in [6.45, 7) is 6.52. The fourth-order valence-corrected chi connectivity index (χ4v) is 3.33. The molecular weight excluding hydrogens is 418 g/mol. The number of aromatic nitrogens is 3. The molecule has 0 aliphatic heterocycles. The van der Waals surface area contributed by atoms with Gasteiger partial charge in [-0.1, -0.05) is 19.4 Å². The van der Waals surface area contributed by atoms with Crippen molar-refractivity contribution < 1.29 is 9.53 Å². The number of amides is 2. The van der Waals surface area contributed by atoms with Crippen LogP contribution in [0.25, 0.3) is 0 Å². The molecular formula is C24H31N7O2. The Hall–Kier alpha value is -3.88. The van der Waals surface area contributed by atoms with Crippen LogP contribution in [-0.4, -0.2) is 34.6 Å². The third-order valence-corrected chi connectivity index (χ3v) is 4.99. The van der Waals surface area contributed by atoms with Gasteiger partial charge in [0.25, 0.3) is 0 Å². The van der Waals surface area contributed by atoms with E-state index in [0.717, 1.165) is 35.5 Å². The minimum absolute atomic E-state index is 0.102. The summed E-state index contributed by atoms with van der Waals surface area (Å²) in [6, 6.07) is 9.21. The van der Waals surface area contributed by atoms with Crippen LogP contribution in [0.3, 0.4) is 0 Å². The third kappa shape index (κ3) is 6.55. The molecule has 33 heavy (non-hydrogen) atoms. The monoisotopic (exact) mass is 449 g/mol. The smallest absolute Gasteiger partial charge is 0.319 e. The first-order valence-electron chi connectivity index (χ1n) is 11.0. The summed E-state index contributed by atoms with van der Waals surface area (Å²) >= 11 is 0. The lowest BCUT2D eigenvalue weighted by Gasteiger charge is -2.20. The normalized spacial score (nSPS) is 11.4. The summed E-state index contributed by atoms with van der Waals surface area (Å²) in [7, 11) is 1.55. The Bertz CT molecular complexity index is 1060. The van der Waals surface area contributed by atoms with E-state index in [2.05, 4.69) is 44.2 Å². The zero-order valence-corrected chi connectivity index (χ0v) is 19.5. The van der Waals surface area contributed by atoms with Gasteiger partial charge >= 0.3 is 6.03 Å². The van der Waals surface area contributed by atoms with Crippen LogP contribution in [0, 0.1) is 6.92 Å². The van der Waals surface area contributed by atoms with Gasteiger partial charge < -0.3 is 26.0 Å². The van der Waals surface area contributed by atoms with Gasteiger partial charge in [0, 0.05) is 42.5 Å². The maximum Gasteiger partial charge on any atom is 0.319 e. The molecule has 174 valence electrons. The minimum atomic E-state index is -0.288. The molecule has 0 spiro atoms. The number of rotatable bonds is 10. The van der Waals surface area contributed by atoms with Gasteiger partial charge in [-0.15, -0.1) is 0 Å². The molecule has 0 bridgehead atoms. The molecule has 9 nitrogen and oxygen atoms in total. The number of nitrogens with zero attached hydrogens (tertiary/aromatic N) is 3. The maximum atomic E-state index is 11.8. The van der Waals surface area contributed by atoms with E-state index < -0.39 is 0 Å². The predicted molar refractivity (Wildman–Crippen MR) is 131 cm³/mol. The number of urea groups is 1. The van der Waals surface area contributed by atoms with Gasteiger partial charge in [-0.2, -0.15) is 4.98 Å². The highest BCUT2D eigenvalue weighted by atomic mass is 16.5. The second kappa shape index (κ2) is 11.7. The SMILES string of the molecule is CCC[C@H](Nc1nc(Nc2ccc(NC(=O)NCC)c(OC)c2)ncc1C)c1cccnc1. The number of hydrogen-bond donors (Lipinski definition) is 4. The summed E-state index contributed by atoms with van der Waals surface area (Å²) in [5, 5.41) is 12.2. The summed E-state index contributed by atoms with van der Waals surface area (Å²) in [6.07, 6.45) is 7.42. The van der Waals surface area contributed by atoms with Crippen molar-refractivity contribution >= 4 is 29.2 Å². The van der Waals surface area contributed by atoms with Crippen LogP contribution in [0.5, 0.6) is 5.75 Å². The van der Waals surface area contributed by atoms with Gasteiger partial charge in [0.05, 0.1) is 18.8 Å². The molecule has 0 fully saturated rings. The van der Waals surface area contributed by atoms with E-state index in [1.54, 1.807) is 31.6 Å². The molecule has 1 atom stereocenters. The quantitative estimate of drug-likeness (QED) is 0.343. The highest BCUT2D eigenvalue weighted by Gasteiger charge is 2.14. The molecule has 1 aromatic carbocycles. The van der Waals surface area contributed by atoms with Crippen molar-refractivity contribution in [2.45, 2.75) is 39.7 Å². The number of anilines is 4. The molecule has 9 heteroatoms. The number of carbonyl (C=O) groups is 1. The van der Waals surface area contributed by atoms with Crippen LogP contribution in [0.4, 0.5) is 27.9 Å². The summed E-state index contributed by atoms with van der Waals surface area (Å²) < 4.78 is 5.43. The van der Waals surface area contributed by atoms with Crippen molar-refractivity contribution in [3.8, 4) is 5.75 Å². The first kappa shape index (κ1) is 23.8. The second-order valence-electron chi connectivity index (χ2n) is 7.52. The number of benzene rings is 1. The van der Waals surface area contributed by atoms with E-state index in [0.29, 0.717) is 23.9 Å². The standard InChI is InChI=1S/C24H31N7O2/c1-5-8-19(17-9-7-12-25-15-17)29-22-16(3)14-27-23(31-22)28-18-10-11-20(21(13-18)33-4)30-24(32)26-6-2/h7,9-15,19H,5-6,8H2,1-4H3,(H2,26,30,32)(H2,27,28,29,31)/t19-/m0/s1. The molecule has 0 aliphatic rings. The number of pyridine rings is 1. The van der Waals surface area contributed by atoms with E-state index in [9.17, 15) is 4.79 Å². The van der Waals surface area contributed by atoms with E-state index in [1.807, 2.05) is 32.2 Å². The van der Waals surface area contributed by atoms with Crippen molar-refractivity contribution in [1.82, 2.24) is 20.3 Å². The largest absolute Gasteiger partial charge is 0.494 e. The molecule has 2 aromatic heterocycles. The Morgan fingerprint density at radius 1 is 1.18 bits per heavy atom. The minimum Gasteiger partial charge on any atom is -0.494 e. The summed E-state index contributed by atoms with van der Waals surface area (Å²) in [4.78, 5) is 25.2. The molecule has 4 N–H and O–H groups in total. The Morgan fingerprint density at radius 2 is 2.03 bits per heavy atom. The maximum absolute atomic E-state index is 11.8. The van der Waals surface area contributed by atoms with Crippen molar-refractivity contribution in [2.75, 3.05) is 29.6 Å². The lowest BCUT2D eigenvalue weighted by Crippen LogP contribution is -2.28. The molecule has 2 heterocycles. The van der Waals surface area contributed by atoms with Crippen LogP contribution in [0.15, 0.2) is 48.9 Å². The number of nitrogens with one attached hydrogen (secondary N) is 4. The topological polar surface area (TPSA) is 113 Å². The molecule has 3 aromatic rings. The van der Waals surface area contributed by atoms with Crippen molar-refractivity contribution in [3.63, 3.8) is 0 Å². The van der Waals surface area contributed by atoms with E-state index in [4.69, 9.17) is 9.72 Å². The Kier molecular flexibility index (Phi) is 8.40. The average molecular weight is 450 g/mol. The third-order valence-electron chi connectivity index (χ3n) is 4.99. The highest BCUT2D eigenvalue weighted by molar-refractivity contribution is 5.91. The predicted octanol–water partition coefficient (Wildman–Crippen LogP) is 5.03. The number of ether oxygens (including phenoxy) is 1. The van der Waals surface area contributed by atoms with Gasteiger partial charge in [-0.3, -0.25) is 4.98 Å². The van der Waals surface area contributed by atoms with Crippen molar-refractivity contribution in [3.05, 3.63) is 60.0 Å². The van der Waals surface area contributed by atoms with Gasteiger partial charge in [-0.25, -0.2) is 9.78 Å². The van der Waals surface area contributed by atoms with Gasteiger partial charge in [0.15, 0.2) is 0 Å². The molecule has 0 saturated carbocycles. The van der Waals surface area contributed by atoms with Crippen molar-refractivity contribution in [2.24, 2.45) is 0 Å². The Morgan fingerprint density at radius 3 is 2.73 bits per heavy atom. The van der Waals surface area contributed by atoms with Crippen LogP contribution in [0.1, 0.15) is 43.9 Å². The zero-order valence-electron chi connectivity index (χ0n) is 19.5. The van der Waals surface area contributed by atoms with E-state index in [1.165, 1.54) is 0 Å². The first-order chi connectivity index (χ1) is 16.0. The molecule has 2 amide bonds. The lowest BCUT2D eigenvalue weighted by molar-refractivity contribution is 0.252. The van der Waals surface area contributed by atoms with Gasteiger partial charge in [0.1, 0.15) is 11.6 Å². The molecule has 3 rings (SSSR count). The highest BCUT2D eigenvalue weighted by Crippen LogP contribution is 2.30. The molecule has 0 aliphatic carbocycles. The average Bonchev–Trinajstić information content (AvgIpc) is 2.82. The summed E-state index contributed by atoms with van der Waals surface area (Å²) in [5.74, 6) is 1.74. The molecule has 0 radical (unpaired) electrons.